The van der Waals surface area contributed by atoms with Crippen LogP contribution in [0.3, 0.4) is 0 Å². The topological polar surface area (TPSA) is 77.8 Å². The van der Waals surface area contributed by atoms with Crippen LogP contribution >= 0.6 is 11.3 Å². The van der Waals surface area contributed by atoms with Gasteiger partial charge < -0.3 is 15.1 Å². The summed E-state index contributed by atoms with van der Waals surface area (Å²) >= 11 is 1.46. The lowest BCUT2D eigenvalue weighted by atomic mass is 9.91. The molecule has 1 aliphatic rings. The molecule has 0 unspecified atom stereocenters. The molecule has 6 heteroatoms. The van der Waals surface area contributed by atoms with Crippen LogP contribution in [0.5, 0.6) is 0 Å². The number of hydrogen-bond donors (Lipinski definition) is 2. The predicted octanol–water partition coefficient (Wildman–Crippen LogP) is 2.26. The van der Waals surface area contributed by atoms with Gasteiger partial charge in [0.1, 0.15) is 0 Å². The second-order valence-corrected chi connectivity index (χ2v) is 6.73. The molecule has 1 saturated heterocycles. The van der Waals surface area contributed by atoms with Crippen LogP contribution in [0, 0.1) is 6.92 Å². The molecular weight excluding hydrogens is 302 g/mol. The maximum Gasteiger partial charge on any atom is 0.335 e. The average Bonchev–Trinajstić information content (AvgIpc) is 2.85. The molecule has 0 bridgehead atoms. The first-order valence-electron chi connectivity index (χ1n) is 7.15. The summed E-state index contributed by atoms with van der Waals surface area (Å²) in [5, 5.41) is 20.1. The van der Waals surface area contributed by atoms with Crippen molar-refractivity contribution in [3.8, 4) is 0 Å². The van der Waals surface area contributed by atoms with Gasteiger partial charge in [0.15, 0.2) is 5.60 Å². The van der Waals surface area contributed by atoms with Crippen LogP contribution in [0.25, 0.3) is 10.1 Å². The van der Waals surface area contributed by atoms with Crippen molar-refractivity contribution in [3.63, 3.8) is 0 Å². The van der Waals surface area contributed by atoms with Gasteiger partial charge in [0.2, 0.25) is 0 Å². The number of aliphatic hydroxyl groups is 1. The molecule has 0 radical (unpaired) electrons. The summed E-state index contributed by atoms with van der Waals surface area (Å²) in [4.78, 5) is 26.1. The SMILES string of the molecule is Cc1c(C(=O)N2CCC(O)(C(=O)O)CC2)sc2ccccc12. The predicted molar refractivity (Wildman–Crippen MR) is 84.3 cm³/mol. The zero-order valence-electron chi connectivity index (χ0n) is 12.2. The van der Waals surface area contributed by atoms with Crippen molar-refractivity contribution >= 4 is 33.3 Å². The Morgan fingerprint density at radius 2 is 1.86 bits per heavy atom. The highest BCUT2D eigenvalue weighted by Crippen LogP contribution is 2.32. The van der Waals surface area contributed by atoms with Gasteiger partial charge >= 0.3 is 5.97 Å². The van der Waals surface area contributed by atoms with E-state index in [-0.39, 0.29) is 31.8 Å². The Morgan fingerprint density at radius 1 is 1.23 bits per heavy atom. The van der Waals surface area contributed by atoms with E-state index in [1.165, 1.54) is 11.3 Å². The molecule has 1 aliphatic heterocycles. The minimum absolute atomic E-state index is 0.0675. The summed E-state index contributed by atoms with van der Waals surface area (Å²) < 4.78 is 1.07. The summed E-state index contributed by atoms with van der Waals surface area (Å²) in [7, 11) is 0. The molecule has 1 aromatic carbocycles. The Morgan fingerprint density at radius 3 is 2.45 bits per heavy atom. The number of carbonyl (C=O) groups excluding carboxylic acids is 1. The minimum Gasteiger partial charge on any atom is -0.479 e. The number of amides is 1. The van der Waals surface area contributed by atoms with E-state index < -0.39 is 11.6 Å². The number of carbonyl (C=O) groups is 2. The maximum atomic E-state index is 12.7. The summed E-state index contributed by atoms with van der Waals surface area (Å²) in [6, 6.07) is 7.88. The van der Waals surface area contributed by atoms with Crippen LogP contribution in [0.2, 0.25) is 0 Å². The first-order valence-corrected chi connectivity index (χ1v) is 7.97. The van der Waals surface area contributed by atoms with E-state index in [0.717, 1.165) is 15.6 Å². The van der Waals surface area contributed by atoms with Gasteiger partial charge in [-0.2, -0.15) is 0 Å². The Bertz CT molecular complexity index is 744. The van der Waals surface area contributed by atoms with Crippen molar-refractivity contribution in [2.75, 3.05) is 13.1 Å². The lowest BCUT2D eigenvalue weighted by molar-refractivity contribution is -0.162. The van der Waals surface area contributed by atoms with E-state index in [1.807, 2.05) is 31.2 Å². The molecule has 1 aromatic heterocycles. The standard InChI is InChI=1S/C16H17NO4S/c1-10-11-4-2-3-5-12(11)22-13(10)14(18)17-8-6-16(21,7-9-17)15(19)20/h2-5,21H,6-9H2,1H3,(H,19,20). The van der Waals surface area contributed by atoms with Gasteiger partial charge in [-0.15, -0.1) is 11.3 Å². The number of piperidine rings is 1. The van der Waals surface area contributed by atoms with E-state index in [4.69, 9.17) is 5.11 Å². The molecule has 2 N–H and O–H groups in total. The molecule has 3 rings (SSSR count). The Labute approximate surface area is 131 Å². The van der Waals surface area contributed by atoms with Crippen LogP contribution in [-0.4, -0.2) is 45.7 Å². The quantitative estimate of drug-likeness (QED) is 0.890. The number of rotatable bonds is 2. The van der Waals surface area contributed by atoms with Crippen molar-refractivity contribution in [2.45, 2.75) is 25.4 Å². The number of carboxylic acids is 1. The molecule has 0 aliphatic carbocycles. The van der Waals surface area contributed by atoms with Gasteiger partial charge in [-0.1, -0.05) is 18.2 Å². The summed E-state index contributed by atoms with van der Waals surface area (Å²) in [5.41, 5.74) is -0.740. The third-order valence-electron chi connectivity index (χ3n) is 4.31. The number of hydrogen-bond acceptors (Lipinski definition) is 4. The molecule has 0 saturated carbocycles. The smallest absolute Gasteiger partial charge is 0.335 e. The van der Waals surface area contributed by atoms with Gasteiger partial charge in [0.25, 0.3) is 5.91 Å². The molecule has 2 heterocycles. The Kier molecular flexibility index (Phi) is 3.66. The number of carboxylic acid groups (broad SMARTS) is 1. The first-order chi connectivity index (χ1) is 10.4. The highest BCUT2D eigenvalue weighted by Gasteiger charge is 2.40. The number of thiophene rings is 1. The number of likely N-dealkylation sites (tertiary alicyclic amines) is 1. The van der Waals surface area contributed by atoms with Crippen molar-refractivity contribution in [1.82, 2.24) is 4.90 Å². The van der Waals surface area contributed by atoms with Crippen LogP contribution in [0.1, 0.15) is 28.1 Å². The van der Waals surface area contributed by atoms with Gasteiger partial charge in [0.05, 0.1) is 4.88 Å². The number of fused-ring (bicyclic) bond motifs is 1. The van der Waals surface area contributed by atoms with E-state index in [1.54, 1.807) is 4.90 Å². The van der Waals surface area contributed by atoms with Crippen LogP contribution in [0.4, 0.5) is 0 Å². The van der Waals surface area contributed by atoms with E-state index in [0.29, 0.717) is 4.88 Å². The summed E-state index contributed by atoms with van der Waals surface area (Å²) in [6.07, 6.45) is 0.135. The summed E-state index contributed by atoms with van der Waals surface area (Å²) in [6.45, 7) is 2.45. The van der Waals surface area contributed by atoms with Gasteiger partial charge in [-0.25, -0.2) is 4.79 Å². The zero-order chi connectivity index (χ0) is 15.9. The Balaban J connectivity index is 1.83. The fourth-order valence-electron chi connectivity index (χ4n) is 2.82. The van der Waals surface area contributed by atoms with Gasteiger partial charge in [0, 0.05) is 30.6 Å². The van der Waals surface area contributed by atoms with E-state index in [2.05, 4.69) is 0 Å². The highest BCUT2D eigenvalue weighted by molar-refractivity contribution is 7.21. The molecule has 1 amide bonds. The van der Waals surface area contributed by atoms with Gasteiger partial charge in [-0.3, -0.25) is 4.79 Å². The van der Waals surface area contributed by atoms with Gasteiger partial charge in [-0.05, 0) is 23.9 Å². The largest absolute Gasteiger partial charge is 0.479 e. The molecule has 1 fully saturated rings. The molecule has 2 aromatic rings. The van der Waals surface area contributed by atoms with Crippen molar-refractivity contribution in [2.24, 2.45) is 0 Å². The van der Waals surface area contributed by atoms with Crippen LogP contribution in [0.15, 0.2) is 24.3 Å². The summed E-state index contributed by atoms with van der Waals surface area (Å²) in [5.74, 6) is -1.29. The fourth-order valence-corrected chi connectivity index (χ4v) is 3.99. The minimum atomic E-state index is -1.70. The van der Waals surface area contributed by atoms with E-state index >= 15 is 0 Å². The third kappa shape index (κ3) is 2.38. The van der Waals surface area contributed by atoms with Crippen molar-refractivity contribution < 1.29 is 19.8 Å². The molecule has 116 valence electrons. The molecular formula is C16H17NO4S. The Hall–Kier alpha value is -1.92. The molecule has 5 nitrogen and oxygen atoms in total. The lowest BCUT2D eigenvalue weighted by Gasteiger charge is -2.35. The average molecular weight is 319 g/mol. The van der Waals surface area contributed by atoms with Crippen molar-refractivity contribution in [1.29, 1.82) is 0 Å². The zero-order valence-corrected chi connectivity index (χ0v) is 13.0. The second kappa shape index (κ2) is 5.37. The number of benzene rings is 1. The number of nitrogens with zero attached hydrogens (tertiary/aromatic N) is 1. The lowest BCUT2D eigenvalue weighted by Crippen LogP contribution is -2.50. The fraction of sp³-hybridized carbons (Fsp3) is 0.375. The second-order valence-electron chi connectivity index (χ2n) is 5.68. The first kappa shape index (κ1) is 15.0. The number of aliphatic carboxylic acids is 1. The number of aryl methyl sites for hydroxylation is 1. The highest BCUT2D eigenvalue weighted by atomic mass is 32.1. The maximum absolute atomic E-state index is 12.7. The van der Waals surface area contributed by atoms with Crippen molar-refractivity contribution in [3.05, 3.63) is 34.7 Å². The van der Waals surface area contributed by atoms with E-state index in [9.17, 15) is 14.7 Å². The molecule has 0 atom stereocenters. The molecule has 22 heavy (non-hydrogen) atoms. The molecule has 0 spiro atoms. The van der Waals surface area contributed by atoms with Crippen LogP contribution in [-0.2, 0) is 4.79 Å². The normalized spacial score (nSPS) is 17.6. The third-order valence-corrected chi connectivity index (χ3v) is 5.57. The monoisotopic (exact) mass is 319 g/mol. The van der Waals surface area contributed by atoms with Crippen LogP contribution < -0.4 is 0 Å².